The van der Waals surface area contributed by atoms with Gasteiger partial charge in [0.25, 0.3) is 0 Å². The van der Waals surface area contributed by atoms with Crippen LogP contribution in [0.2, 0.25) is 5.02 Å². The van der Waals surface area contributed by atoms with Crippen molar-refractivity contribution in [1.29, 1.82) is 0 Å². The first-order valence-electron chi connectivity index (χ1n) is 3.71. The highest BCUT2D eigenvalue weighted by Gasteiger charge is 1.90. The van der Waals surface area contributed by atoms with Gasteiger partial charge in [0.2, 0.25) is 0 Å². The molecule has 66 valence electrons. The van der Waals surface area contributed by atoms with E-state index in [2.05, 4.69) is 10.7 Å². The van der Waals surface area contributed by atoms with Gasteiger partial charge >= 0.3 is 0 Å². The van der Waals surface area contributed by atoms with Gasteiger partial charge in [0.15, 0.2) is 0 Å². The van der Waals surface area contributed by atoms with Crippen molar-refractivity contribution in [2.45, 2.75) is 6.54 Å². The SMILES string of the molecule is NNCNCc1ccc(Cl)cc1. The number of rotatable bonds is 4. The summed E-state index contributed by atoms with van der Waals surface area (Å²) in [6, 6.07) is 7.70. The van der Waals surface area contributed by atoms with Crippen LogP contribution in [0.25, 0.3) is 0 Å². The quantitative estimate of drug-likeness (QED) is 0.282. The molecule has 0 heterocycles. The van der Waals surface area contributed by atoms with E-state index >= 15 is 0 Å². The molecule has 0 aliphatic rings. The van der Waals surface area contributed by atoms with Gasteiger partial charge in [-0.25, -0.2) is 5.43 Å². The van der Waals surface area contributed by atoms with Gasteiger partial charge in [-0.05, 0) is 17.7 Å². The number of nitrogens with two attached hydrogens (primary N) is 1. The third-order valence-corrected chi connectivity index (χ3v) is 1.72. The lowest BCUT2D eigenvalue weighted by Crippen LogP contribution is -2.33. The Morgan fingerprint density at radius 2 is 1.92 bits per heavy atom. The van der Waals surface area contributed by atoms with Gasteiger partial charge in [-0.2, -0.15) is 0 Å². The second-order valence-corrected chi connectivity index (χ2v) is 2.87. The van der Waals surface area contributed by atoms with Crippen LogP contribution in [0.1, 0.15) is 5.56 Å². The lowest BCUT2D eigenvalue weighted by molar-refractivity contribution is 0.601. The normalized spacial score (nSPS) is 10.2. The van der Waals surface area contributed by atoms with Gasteiger partial charge < -0.3 is 0 Å². The van der Waals surface area contributed by atoms with E-state index in [-0.39, 0.29) is 0 Å². The smallest absolute Gasteiger partial charge is 0.0590 e. The van der Waals surface area contributed by atoms with Gasteiger partial charge in [0.1, 0.15) is 0 Å². The Morgan fingerprint density at radius 1 is 1.25 bits per heavy atom. The molecule has 0 saturated heterocycles. The fourth-order valence-electron chi connectivity index (χ4n) is 0.881. The summed E-state index contributed by atoms with van der Waals surface area (Å²) >= 11 is 5.72. The first kappa shape index (κ1) is 9.48. The number of nitrogens with one attached hydrogen (secondary N) is 2. The standard InChI is InChI=1S/C8H12ClN3/c9-8-3-1-7(2-4-8)5-11-6-12-10/h1-4,11-12H,5-6,10H2. The van der Waals surface area contributed by atoms with E-state index in [1.165, 1.54) is 5.56 Å². The summed E-state index contributed by atoms with van der Waals surface area (Å²) in [5.41, 5.74) is 3.70. The molecule has 0 bridgehead atoms. The Kier molecular flexibility index (Phi) is 4.04. The maximum atomic E-state index is 5.72. The minimum absolute atomic E-state index is 0.600. The topological polar surface area (TPSA) is 50.1 Å². The number of benzene rings is 1. The van der Waals surface area contributed by atoms with Gasteiger partial charge in [-0.15, -0.1) is 0 Å². The molecule has 0 spiro atoms. The minimum atomic E-state index is 0.600. The molecule has 0 fully saturated rings. The van der Waals surface area contributed by atoms with E-state index in [0.717, 1.165) is 11.6 Å². The maximum absolute atomic E-state index is 5.72. The number of hydrazine groups is 1. The number of hydrogen-bond acceptors (Lipinski definition) is 3. The Hall–Kier alpha value is -0.610. The highest BCUT2D eigenvalue weighted by molar-refractivity contribution is 6.30. The molecule has 0 saturated carbocycles. The first-order valence-corrected chi connectivity index (χ1v) is 4.09. The lowest BCUT2D eigenvalue weighted by Gasteiger charge is -2.03. The lowest BCUT2D eigenvalue weighted by atomic mass is 10.2. The molecule has 4 N–H and O–H groups in total. The predicted octanol–water partition coefficient (Wildman–Crippen LogP) is 0.850. The molecule has 0 unspecified atom stereocenters. The molecule has 1 rings (SSSR count). The van der Waals surface area contributed by atoms with Crippen molar-refractivity contribution in [3.05, 3.63) is 34.9 Å². The zero-order valence-corrected chi connectivity index (χ0v) is 7.43. The molecular weight excluding hydrogens is 174 g/mol. The van der Waals surface area contributed by atoms with E-state index in [1.54, 1.807) is 0 Å². The average Bonchev–Trinajstić information content (AvgIpc) is 2.09. The minimum Gasteiger partial charge on any atom is -0.299 e. The van der Waals surface area contributed by atoms with Crippen molar-refractivity contribution < 1.29 is 0 Å². The Bertz CT molecular complexity index is 222. The van der Waals surface area contributed by atoms with Crippen LogP contribution < -0.4 is 16.6 Å². The zero-order chi connectivity index (χ0) is 8.81. The summed E-state index contributed by atoms with van der Waals surface area (Å²) in [4.78, 5) is 0. The summed E-state index contributed by atoms with van der Waals surface area (Å²) in [6.07, 6.45) is 0. The van der Waals surface area contributed by atoms with Crippen LogP contribution in [0.15, 0.2) is 24.3 Å². The molecule has 4 heteroatoms. The van der Waals surface area contributed by atoms with Crippen molar-refractivity contribution in [3.63, 3.8) is 0 Å². The van der Waals surface area contributed by atoms with Gasteiger partial charge in [0, 0.05) is 11.6 Å². The second-order valence-electron chi connectivity index (χ2n) is 2.43. The first-order chi connectivity index (χ1) is 5.83. The molecule has 1 aromatic rings. The van der Waals surface area contributed by atoms with E-state index in [4.69, 9.17) is 17.4 Å². The summed E-state index contributed by atoms with van der Waals surface area (Å²) in [5, 5.41) is 3.85. The van der Waals surface area contributed by atoms with E-state index in [0.29, 0.717) is 6.67 Å². The van der Waals surface area contributed by atoms with Gasteiger partial charge in [0.05, 0.1) is 6.67 Å². The van der Waals surface area contributed by atoms with E-state index in [9.17, 15) is 0 Å². The summed E-state index contributed by atoms with van der Waals surface area (Å²) < 4.78 is 0. The molecule has 0 amide bonds. The predicted molar refractivity (Wildman–Crippen MR) is 50.5 cm³/mol. The molecule has 1 aromatic carbocycles. The third-order valence-electron chi connectivity index (χ3n) is 1.47. The van der Waals surface area contributed by atoms with Crippen molar-refractivity contribution in [2.75, 3.05) is 6.67 Å². The number of halogens is 1. The molecule has 3 nitrogen and oxygen atoms in total. The third kappa shape index (κ3) is 3.19. The molecule has 0 aliphatic carbocycles. The van der Waals surface area contributed by atoms with Gasteiger partial charge in [-0.3, -0.25) is 11.2 Å². The van der Waals surface area contributed by atoms with Crippen LogP contribution in [-0.2, 0) is 6.54 Å². The highest BCUT2D eigenvalue weighted by atomic mass is 35.5. The van der Waals surface area contributed by atoms with Crippen molar-refractivity contribution >= 4 is 11.6 Å². The van der Waals surface area contributed by atoms with Crippen molar-refractivity contribution in [2.24, 2.45) is 5.84 Å². The molecule has 0 aromatic heterocycles. The molecule has 12 heavy (non-hydrogen) atoms. The summed E-state index contributed by atoms with van der Waals surface area (Å²) in [7, 11) is 0. The molecular formula is C8H12ClN3. The average molecular weight is 186 g/mol. The number of hydrogen-bond donors (Lipinski definition) is 3. The molecule has 0 atom stereocenters. The van der Waals surface area contributed by atoms with Crippen molar-refractivity contribution in [1.82, 2.24) is 10.7 Å². The second kappa shape index (κ2) is 5.11. The largest absolute Gasteiger partial charge is 0.299 e. The summed E-state index contributed by atoms with van der Waals surface area (Å²) in [6.45, 7) is 1.39. The van der Waals surface area contributed by atoms with Crippen molar-refractivity contribution in [3.8, 4) is 0 Å². The fraction of sp³-hybridized carbons (Fsp3) is 0.250. The Morgan fingerprint density at radius 3 is 2.50 bits per heavy atom. The van der Waals surface area contributed by atoms with E-state index < -0.39 is 0 Å². The van der Waals surface area contributed by atoms with Crippen LogP contribution >= 0.6 is 11.6 Å². The maximum Gasteiger partial charge on any atom is 0.0590 e. The summed E-state index contributed by atoms with van der Waals surface area (Å²) in [5.74, 6) is 5.08. The van der Waals surface area contributed by atoms with Crippen LogP contribution in [0.3, 0.4) is 0 Å². The van der Waals surface area contributed by atoms with Gasteiger partial charge in [-0.1, -0.05) is 23.7 Å². The fourth-order valence-corrected chi connectivity index (χ4v) is 1.01. The Labute approximate surface area is 76.9 Å². The van der Waals surface area contributed by atoms with Crippen LogP contribution in [-0.4, -0.2) is 6.67 Å². The highest BCUT2D eigenvalue weighted by Crippen LogP contribution is 2.08. The molecule has 0 radical (unpaired) electrons. The zero-order valence-electron chi connectivity index (χ0n) is 6.68. The van der Waals surface area contributed by atoms with E-state index in [1.807, 2.05) is 24.3 Å². The molecule has 0 aliphatic heterocycles. The monoisotopic (exact) mass is 185 g/mol. The Balaban J connectivity index is 2.37. The van der Waals surface area contributed by atoms with Crippen LogP contribution in [0, 0.1) is 0 Å². The van der Waals surface area contributed by atoms with Crippen LogP contribution in [0.5, 0.6) is 0 Å². The van der Waals surface area contributed by atoms with Crippen LogP contribution in [0.4, 0.5) is 0 Å².